The maximum absolute atomic E-state index is 13.9. The van der Waals surface area contributed by atoms with Gasteiger partial charge in [-0.3, -0.25) is 9.59 Å². The molecule has 194 valence electrons. The summed E-state index contributed by atoms with van der Waals surface area (Å²) < 4.78 is 26.5. The first-order valence-corrected chi connectivity index (χ1v) is 14.6. The maximum Gasteiger partial charge on any atom is 0.304 e. The Morgan fingerprint density at radius 2 is 1.81 bits per heavy atom. The number of piperidine rings is 1. The summed E-state index contributed by atoms with van der Waals surface area (Å²) in [4.78, 5) is 24.9. The van der Waals surface area contributed by atoms with E-state index in [1.54, 1.807) is 44.2 Å². The highest BCUT2D eigenvalue weighted by Crippen LogP contribution is 2.56. The van der Waals surface area contributed by atoms with Crippen LogP contribution in [0.3, 0.4) is 0 Å². The Kier molecular flexibility index (Phi) is 7.48. The Bertz CT molecular complexity index is 1260. The number of hydrogen-bond acceptors (Lipinski definition) is 4. The minimum absolute atomic E-state index is 0.0364. The molecular formula is C27H31Cl2NO5S. The van der Waals surface area contributed by atoms with E-state index < -0.39 is 32.0 Å². The van der Waals surface area contributed by atoms with Gasteiger partial charge in [-0.2, -0.15) is 0 Å². The lowest BCUT2D eigenvalue weighted by molar-refractivity contribution is -0.147. The molecular weight excluding hydrogens is 521 g/mol. The second-order valence-electron chi connectivity index (χ2n) is 10.4. The fraction of sp³-hybridized carbons (Fsp3) is 0.481. The number of aliphatic carboxylic acids is 1. The Balaban J connectivity index is 1.84. The van der Waals surface area contributed by atoms with Crippen LogP contribution in [0.2, 0.25) is 10.0 Å². The molecule has 2 fully saturated rings. The molecule has 1 amide bonds. The Morgan fingerprint density at radius 1 is 1.14 bits per heavy atom. The number of carboxylic acids is 1. The van der Waals surface area contributed by atoms with Gasteiger partial charge in [-0.15, -0.1) is 0 Å². The molecule has 4 rings (SSSR count). The topological polar surface area (TPSA) is 101 Å². The first kappa shape index (κ1) is 27.0. The van der Waals surface area contributed by atoms with Crippen LogP contribution in [0.25, 0.3) is 0 Å². The zero-order valence-electron chi connectivity index (χ0n) is 20.3. The zero-order chi connectivity index (χ0) is 26.3. The fourth-order valence-electron chi connectivity index (χ4n) is 5.88. The summed E-state index contributed by atoms with van der Waals surface area (Å²) in [6.45, 7) is 3.31. The van der Waals surface area contributed by atoms with Crippen molar-refractivity contribution in [2.24, 2.45) is 11.3 Å². The van der Waals surface area contributed by atoms with Gasteiger partial charge in [0.2, 0.25) is 5.91 Å². The number of nitrogens with one attached hydrogen (secondary N) is 1. The summed E-state index contributed by atoms with van der Waals surface area (Å²) >= 11 is 12.4. The standard InChI is InChI=1S/C27H31Cl2NO5S/c1-3-36(34,35)27(18-7-8-18,19-9-11-20(28)12-10-19)15-23-22(17-5-4-6-21(29)13-17)14-26(2,16-24(31)32)25(33)30-23/h4-6,9-13,18,22-23H,3,7-8,14-16H2,1-2H3,(H,30,33)(H,31,32). The molecule has 9 heteroatoms. The predicted octanol–water partition coefficient (Wildman–Crippen LogP) is 5.58. The molecule has 0 aromatic heterocycles. The lowest BCUT2D eigenvalue weighted by Gasteiger charge is -2.46. The number of rotatable bonds is 9. The van der Waals surface area contributed by atoms with Gasteiger partial charge in [0.25, 0.3) is 0 Å². The third kappa shape index (κ3) is 5.02. The second-order valence-corrected chi connectivity index (χ2v) is 13.8. The van der Waals surface area contributed by atoms with Crippen molar-refractivity contribution in [3.63, 3.8) is 0 Å². The van der Waals surface area contributed by atoms with Gasteiger partial charge >= 0.3 is 5.97 Å². The van der Waals surface area contributed by atoms with E-state index in [2.05, 4.69) is 5.32 Å². The number of benzene rings is 2. The maximum atomic E-state index is 13.9. The smallest absolute Gasteiger partial charge is 0.304 e. The van der Waals surface area contributed by atoms with Crippen LogP contribution in [0.1, 0.15) is 63.0 Å². The summed E-state index contributed by atoms with van der Waals surface area (Å²) in [6.07, 6.45) is 1.69. The first-order valence-electron chi connectivity index (χ1n) is 12.2. The molecule has 1 saturated carbocycles. The number of amides is 1. The molecule has 0 spiro atoms. The average Bonchev–Trinajstić information content (AvgIpc) is 3.65. The highest BCUT2D eigenvalue weighted by molar-refractivity contribution is 7.92. The first-order chi connectivity index (χ1) is 16.9. The molecule has 0 radical (unpaired) electrons. The molecule has 4 unspecified atom stereocenters. The van der Waals surface area contributed by atoms with Crippen LogP contribution in [-0.2, 0) is 24.2 Å². The van der Waals surface area contributed by atoms with Gasteiger partial charge in [-0.05, 0) is 67.0 Å². The van der Waals surface area contributed by atoms with E-state index in [9.17, 15) is 23.1 Å². The van der Waals surface area contributed by atoms with E-state index in [-0.39, 0.29) is 42.8 Å². The van der Waals surface area contributed by atoms with E-state index in [4.69, 9.17) is 23.2 Å². The fourth-order valence-corrected chi connectivity index (χ4v) is 8.39. The molecule has 1 heterocycles. The van der Waals surface area contributed by atoms with Gasteiger partial charge in [0.05, 0.1) is 11.8 Å². The molecule has 6 nitrogen and oxygen atoms in total. The molecule has 2 aliphatic rings. The zero-order valence-corrected chi connectivity index (χ0v) is 22.7. The van der Waals surface area contributed by atoms with Crippen molar-refractivity contribution < 1.29 is 23.1 Å². The van der Waals surface area contributed by atoms with Gasteiger partial charge in [0.1, 0.15) is 4.75 Å². The van der Waals surface area contributed by atoms with Crippen molar-refractivity contribution in [3.05, 3.63) is 69.7 Å². The monoisotopic (exact) mass is 551 g/mol. The highest BCUT2D eigenvalue weighted by Gasteiger charge is 2.58. The molecule has 1 aliphatic heterocycles. The van der Waals surface area contributed by atoms with E-state index in [1.807, 2.05) is 18.2 Å². The van der Waals surface area contributed by atoms with Gasteiger partial charge in [-0.1, -0.05) is 61.3 Å². The van der Waals surface area contributed by atoms with Crippen molar-refractivity contribution in [1.29, 1.82) is 0 Å². The summed E-state index contributed by atoms with van der Waals surface area (Å²) in [6, 6.07) is 13.7. The predicted molar refractivity (Wildman–Crippen MR) is 141 cm³/mol. The minimum Gasteiger partial charge on any atom is -0.481 e. The molecule has 1 aliphatic carbocycles. The van der Waals surface area contributed by atoms with Crippen molar-refractivity contribution in [3.8, 4) is 0 Å². The highest BCUT2D eigenvalue weighted by atomic mass is 35.5. The van der Waals surface area contributed by atoms with E-state index in [0.29, 0.717) is 15.6 Å². The largest absolute Gasteiger partial charge is 0.481 e. The van der Waals surface area contributed by atoms with Crippen LogP contribution in [0.15, 0.2) is 48.5 Å². The molecule has 2 aromatic rings. The van der Waals surface area contributed by atoms with Crippen molar-refractivity contribution in [2.45, 2.75) is 62.7 Å². The van der Waals surface area contributed by atoms with Crippen molar-refractivity contribution in [2.75, 3.05) is 5.75 Å². The normalized spacial score (nSPS) is 26.2. The molecule has 36 heavy (non-hydrogen) atoms. The number of carbonyl (C=O) groups is 2. The Morgan fingerprint density at radius 3 is 2.36 bits per heavy atom. The number of sulfone groups is 1. The number of halogens is 2. The van der Waals surface area contributed by atoms with Crippen molar-refractivity contribution in [1.82, 2.24) is 5.32 Å². The van der Waals surface area contributed by atoms with E-state index in [0.717, 1.165) is 18.4 Å². The second kappa shape index (κ2) is 9.99. The molecule has 2 N–H and O–H groups in total. The average molecular weight is 553 g/mol. The lowest BCUT2D eigenvalue weighted by atomic mass is 9.67. The summed E-state index contributed by atoms with van der Waals surface area (Å²) in [7, 11) is -3.62. The summed E-state index contributed by atoms with van der Waals surface area (Å²) in [5.41, 5.74) is 0.384. The van der Waals surface area contributed by atoms with Crippen LogP contribution in [0.5, 0.6) is 0 Å². The lowest BCUT2D eigenvalue weighted by Crippen LogP contribution is -2.57. The van der Waals surface area contributed by atoms with E-state index in [1.165, 1.54) is 0 Å². The van der Waals surface area contributed by atoms with Crippen LogP contribution in [0, 0.1) is 11.3 Å². The van der Waals surface area contributed by atoms with Gasteiger partial charge in [0.15, 0.2) is 9.84 Å². The third-order valence-corrected chi connectivity index (χ3v) is 11.0. The molecule has 1 saturated heterocycles. The number of hydrogen-bond donors (Lipinski definition) is 2. The van der Waals surface area contributed by atoms with Gasteiger partial charge < -0.3 is 10.4 Å². The van der Waals surface area contributed by atoms with Crippen molar-refractivity contribution >= 4 is 44.9 Å². The number of carboxylic acid groups (broad SMARTS) is 1. The number of carbonyl (C=O) groups excluding carboxylic acids is 1. The quantitative estimate of drug-likeness (QED) is 0.423. The third-order valence-electron chi connectivity index (χ3n) is 7.87. The van der Waals surface area contributed by atoms with Crippen LogP contribution < -0.4 is 5.32 Å². The SMILES string of the molecule is CCS(=O)(=O)C(CC1NC(=O)C(C)(CC(=O)O)CC1c1cccc(Cl)c1)(c1ccc(Cl)cc1)C1CC1. The summed E-state index contributed by atoms with van der Waals surface area (Å²) in [5.74, 6) is -1.86. The van der Waals surface area contributed by atoms with E-state index >= 15 is 0 Å². The van der Waals surface area contributed by atoms with Crippen LogP contribution in [-0.4, -0.2) is 37.2 Å². The molecule has 2 aromatic carbocycles. The van der Waals surface area contributed by atoms with Crippen LogP contribution >= 0.6 is 23.2 Å². The Labute approximate surface area is 222 Å². The Hall–Kier alpha value is -2.09. The van der Waals surface area contributed by atoms with Gasteiger partial charge in [0, 0.05) is 27.8 Å². The van der Waals surface area contributed by atoms with Crippen LogP contribution in [0.4, 0.5) is 0 Å². The minimum atomic E-state index is -3.62. The molecule has 0 bridgehead atoms. The molecule has 4 atom stereocenters. The van der Waals surface area contributed by atoms with Gasteiger partial charge in [-0.25, -0.2) is 8.42 Å². The summed E-state index contributed by atoms with van der Waals surface area (Å²) in [5, 5.41) is 13.6.